The van der Waals surface area contributed by atoms with Gasteiger partial charge in [-0.15, -0.1) is 0 Å². The van der Waals surface area contributed by atoms with Crippen molar-refractivity contribution >= 4 is 9.84 Å². The highest BCUT2D eigenvalue weighted by Gasteiger charge is 2.26. The van der Waals surface area contributed by atoms with Gasteiger partial charge in [0, 0.05) is 0 Å². The highest BCUT2D eigenvalue weighted by Crippen LogP contribution is 2.28. The topological polar surface area (TPSA) is 52.6 Å². The number of methoxy groups -OCH3 is 1. The molecule has 158 valence electrons. The molecule has 0 bridgehead atoms. The predicted octanol–water partition coefficient (Wildman–Crippen LogP) is 5.74. The number of benzene rings is 3. The van der Waals surface area contributed by atoms with E-state index in [1.54, 1.807) is 31.4 Å². The molecule has 0 heterocycles. The molecule has 0 aromatic heterocycles. The van der Waals surface area contributed by atoms with Gasteiger partial charge in [0.1, 0.15) is 17.3 Å². The van der Waals surface area contributed by atoms with Crippen LogP contribution < -0.4 is 9.47 Å². The first-order valence-corrected chi connectivity index (χ1v) is 11.6. The van der Waals surface area contributed by atoms with Gasteiger partial charge in [-0.3, -0.25) is 0 Å². The Hall–Kier alpha value is -3.31. The SMILES string of the molecule is COc1ccc(-c2ccc(OC3=CCC(S(=O)(=O)c4ccc(C)cc4)C=C3)cc2)cc1. The lowest BCUT2D eigenvalue weighted by molar-refractivity contribution is 0.415. The van der Waals surface area contributed by atoms with Crippen LogP contribution in [0.3, 0.4) is 0 Å². The number of rotatable bonds is 6. The largest absolute Gasteiger partial charge is 0.497 e. The lowest BCUT2D eigenvalue weighted by Crippen LogP contribution is -2.21. The van der Waals surface area contributed by atoms with Crippen LogP contribution in [0.2, 0.25) is 0 Å². The van der Waals surface area contributed by atoms with Crippen LogP contribution in [0.15, 0.2) is 102 Å². The average Bonchev–Trinajstić information content (AvgIpc) is 2.80. The number of sulfone groups is 1. The molecule has 0 spiro atoms. The van der Waals surface area contributed by atoms with Crippen molar-refractivity contribution in [3.8, 4) is 22.6 Å². The molecular formula is C26H24O4S. The lowest BCUT2D eigenvalue weighted by Gasteiger charge is -2.17. The molecule has 0 saturated heterocycles. The van der Waals surface area contributed by atoms with Crippen LogP contribution in [-0.2, 0) is 9.84 Å². The van der Waals surface area contributed by atoms with E-state index in [9.17, 15) is 8.42 Å². The Morgan fingerprint density at radius 3 is 1.90 bits per heavy atom. The third-order valence-corrected chi connectivity index (χ3v) is 7.36. The van der Waals surface area contributed by atoms with Crippen LogP contribution in [0.4, 0.5) is 0 Å². The van der Waals surface area contributed by atoms with Gasteiger partial charge in [0.15, 0.2) is 9.84 Å². The molecule has 1 atom stereocenters. The van der Waals surface area contributed by atoms with E-state index in [1.807, 2.05) is 73.7 Å². The van der Waals surface area contributed by atoms with Crippen molar-refractivity contribution in [1.29, 1.82) is 0 Å². The number of aryl methyl sites for hydroxylation is 1. The number of hydrogen-bond donors (Lipinski definition) is 0. The second kappa shape index (κ2) is 8.82. The normalized spacial score (nSPS) is 15.9. The summed E-state index contributed by atoms with van der Waals surface area (Å²) < 4.78 is 36.8. The van der Waals surface area contributed by atoms with Crippen LogP contribution in [0.1, 0.15) is 12.0 Å². The van der Waals surface area contributed by atoms with Crippen molar-refractivity contribution in [2.24, 2.45) is 0 Å². The van der Waals surface area contributed by atoms with Crippen molar-refractivity contribution in [2.45, 2.75) is 23.5 Å². The van der Waals surface area contributed by atoms with Crippen molar-refractivity contribution in [3.05, 3.63) is 102 Å². The predicted molar refractivity (Wildman–Crippen MR) is 123 cm³/mol. The van der Waals surface area contributed by atoms with E-state index in [0.29, 0.717) is 22.8 Å². The Morgan fingerprint density at radius 1 is 0.806 bits per heavy atom. The van der Waals surface area contributed by atoms with Crippen LogP contribution in [0.5, 0.6) is 11.5 Å². The molecule has 1 aliphatic carbocycles. The van der Waals surface area contributed by atoms with Crippen molar-refractivity contribution in [2.75, 3.05) is 7.11 Å². The standard InChI is InChI=1S/C26H24O4S/c1-19-3-15-25(16-4-19)31(27,28)26-17-13-24(14-18-26)30-23-11-7-21(8-12-23)20-5-9-22(29-2)10-6-20/h3-17,26H,18H2,1-2H3. The minimum Gasteiger partial charge on any atom is -0.497 e. The fourth-order valence-electron chi connectivity index (χ4n) is 3.42. The van der Waals surface area contributed by atoms with Gasteiger partial charge in [-0.2, -0.15) is 0 Å². The Morgan fingerprint density at radius 2 is 1.39 bits per heavy atom. The van der Waals surface area contributed by atoms with Crippen LogP contribution in [-0.4, -0.2) is 20.8 Å². The van der Waals surface area contributed by atoms with Gasteiger partial charge in [-0.1, -0.05) is 48.0 Å². The Balaban J connectivity index is 1.41. The number of ether oxygens (including phenoxy) is 2. The fraction of sp³-hybridized carbons (Fsp3) is 0.154. The summed E-state index contributed by atoms with van der Waals surface area (Å²) in [6, 6.07) is 22.6. The van der Waals surface area contributed by atoms with Crippen LogP contribution in [0, 0.1) is 6.92 Å². The minimum absolute atomic E-state index is 0.347. The fourth-order valence-corrected chi connectivity index (χ4v) is 4.92. The van der Waals surface area contributed by atoms with Crippen LogP contribution in [0.25, 0.3) is 11.1 Å². The molecule has 3 aromatic carbocycles. The van der Waals surface area contributed by atoms with E-state index in [-0.39, 0.29) is 0 Å². The minimum atomic E-state index is -3.41. The molecular weight excluding hydrogens is 408 g/mol. The summed E-state index contributed by atoms with van der Waals surface area (Å²) in [6.07, 6.45) is 5.65. The maximum absolute atomic E-state index is 12.8. The van der Waals surface area contributed by atoms with E-state index in [2.05, 4.69) is 0 Å². The van der Waals surface area contributed by atoms with Crippen LogP contribution >= 0.6 is 0 Å². The summed E-state index contributed by atoms with van der Waals surface area (Å²) in [5.74, 6) is 2.17. The van der Waals surface area contributed by atoms with Gasteiger partial charge in [0.05, 0.1) is 17.3 Å². The zero-order valence-corrected chi connectivity index (χ0v) is 18.3. The summed E-state index contributed by atoms with van der Waals surface area (Å²) in [6.45, 7) is 1.94. The molecule has 0 radical (unpaired) electrons. The molecule has 0 saturated carbocycles. The smallest absolute Gasteiger partial charge is 0.185 e. The summed E-state index contributed by atoms with van der Waals surface area (Å²) in [5, 5.41) is -0.583. The molecule has 0 fully saturated rings. The van der Waals surface area contributed by atoms with E-state index in [4.69, 9.17) is 9.47 Å². The van der Waals surface area contributed by atoms with E-state index >= 15 is 0 Å². The Labute approximate surface area is 183 Å². The Kier molecular flexibility index (Phi) is 5.96. The maximum Gasteiger partial charge on any atom is 0.185 e. The van der Waals surface area contributed by atoms with E-state index in [1.165, 1.54) is 0 Å². The summed E-state index contributed by atoms with van der Waals surface area (Å²) >= 11 is 0. The van der Waals surface area contributed by atoms with Gasteiger partial charge in [-0.25, -0.2) is 8.42 Å². The zero-order valence-electron chi connectivity index (χ0n) is 17.5. The molecule has 5 heteroatoms. The maximum atomic E-state index is 12.8. The van der Waals surface area contributed by atoms with E-state index < -0.39 is 15.1 Å². The second-order valence-electron chi connectivity index (χ2n) is 7.45. The molecule has 1 unspecified atom stereocenters. The first-order valence-electron chi connectivity index (χ1n) is 10.1. The van der Waals surface area contributed by atoms with Crippen molar-refractivity contribution in [1.82, 2.24) is 0 Å². The summed E-state index contributed by atoms with van der Waals surface area (Å²) in [4.78, 5) is 0.347. The molecule has 4 rings (SSSR count). The molecule has 4 nitrogen and oxygen atoms in total. The van der Waals surface area contributed by atoms with Gasteiger partial charge in [0.2, 0.25) is 0 Å². The molecule has 0 amide bonds. The van der Waals surface area contributed by atoms with E-state index in [0.717, 1.165) is 22.4 Å². The highest BCUT2D eigenvalue weighted by molar-refractivity contribution is 7.92. The highest BCUT2D eigenvalue weighted by atomic mass is 32.2. The number of hydrogen-bond acceptors (Lipinski definition) is 4. The molecule has 1 aliphatic rings. The molecule has 31 heavy (non-hydrogen) atoms. The first-order chi connectivity index (χ1) is 15.0. The van der Waals surface area contributed by atoms with Gasteiger partial charge in [0.25, 0.3) is 0 Å². The van der Waals surface area contributed by atoms with Crippen molar-refractivity contribution in [3.63, 3.8) is 0 Å². The first kappa shape index (κ1) is 20.9. The Bertz CT molecular complexity index is 1200. The van der Waals surface area contributed by atoms with Gasteiger partial charge >= 0.3 is 0 Å². The quantitative estimate of drug-likeness (QED) is 0.499. The third kappa shape index (κ3) is 4.72. The third-order valence-electron chi connectivity index (χ3n) is 5.29. The second-order valence-corrected chi connectivity index (χ2v) is 9.62. The van der Waals surface area contributed by atoms with Gasteiger partial charge in [-0.05, 0) is 73.0 Å². The molecule has 3 aromatic rings. The van der Waals surface area contributed by atoms with Crippen molar-refractivity contribution < 1.29 is 17.9 Å². The monoisotopic (exact) mass is 432 g/mol. The zero-order chi connectivity index (χ0) is 21.8. The average molecular weight is 433 g/mol. The molecule has 0 N–H and O–H groups in total. The van der Waals surface area contributed by atoms with Gasteiger partial charge < -0.3 is 9.47 Å². The summed E-state index contributed by atoms with van der Waals surface area (Å²) in [7, 11) is -1.76. The lowest BCUT2D eigenvalue weighted by atomic mass is 10.1. The molecule has 0 aliphatic heterocycles. The number of allylic oxidation sites excluding steroid dienone is 2. The summed E-state index contributed by atoms with van der Waals surface area (Å²) in [5.41, 5.74) is 3.20.